The summed E-state index contributed by atoms with van der Waals surface area (Å²) >= 11 is 0. The lowest BCUT2D eigenvalue weighted by atomic mass is 9.92. The van der Waals surface area contributed by atoms with Gasteiger partial charge in [0.25, 0.3) is 0 Å². The van der Waals surface area contributed by atoms with Gasteiger partial charge in [0.2, 0.25) is 0 Å². The zero-order valence-corrected chi connectivity index (χ0v) is 10.1. The van der Waals surface area contributed by atoms with Gasteiger partial charge in [-0.1, -0.05) is 42.5 Å². The van der Waals surface area contributed by atoms with Gasteiger partial charge in [-0.2, -0.15) is 0 Å². The van der Waals surface area contributed by atoms with E-state index in [0.717, 1.165) is 16.3 Å². The molecule has 0 unspecified atom stereocenters. The molecular weight excluding hydrogens is 244 g/mol. The summed E-state index contributed by atoms with van der Waals surface area (Å²) in [4.78, 5) is 22.6. The molecule has 3 rings (SSSR count). The molecule has 1 heterocycles. The number of carbonyl (C=O) groups is 2. The number of carbonyl (C=O) groups excluding carboxylic acids is 1. The number of carboxylic acid groups (broad SMARTS) is 1. The van der Waals surface area contributed by atoms with E-state index in [1.54, 1.807) is 0 Å². The predicted octanol–water partition coefficient (Wildman–Crippen LogP) is 2.53. The maximum Gasteiger partial charge on any atom is 0.311 e. The third-order valence-electron chi connectivity index (χ3n) is 3.46. The van der Waals surface area contributed by atoms with E-state index in [4.69, 9.17) is 4.74 Å². The molecule has 1 saturated heterocycles. The summed E-state index contributed by atoms with van der Waals surface area (Å²) in [6.45, 7) is 0. The molecule has 1 N–H and O–H groups in total. The summed E-state index contributed by atoms with van der Waals surface area (Å²) in [7, 11) is 0. The Labute approximate surface area is 109 Å². The Balaban J connectivity index is 2.13. The molecule has 2 aromatic rings. The maximum absolute atomic E-state index is 11.4. The number of fused-ring (bicyclic) bond motifs is 1. The smallest absolute Gasteiger partial charge is 0.311 e. The second-order valence-corrected chi connectivity index (χ2v) is 4.63. The summed E-state index contributed by atoms with van der Waals surface area (Å²) < 4.78 is 5.21. The van der Waals surface area contributed by atoms with E-state index in [1.165, 1.54) is 0 Å². The Morgan fingerprint density at radius 3 is 2.68 bits per heavy atom. The maximum atomic E-state index is 11.4. The van der Waals surface area contributed by atoms with Crippen molar-refractivity contribution in [3.63, 3.8) is 0 Å². The number of cyclic esters (lactones) is 1. The first-order chi connectivity index (χ1) is 9.16. The fraction of sp³-hybridized carbons (Fsp3) is 0.200. The average Bonchev–Trinajstić information content (AvgIpc) is 2.80. The Morgan fingerprint density at radius 1 is 1.16 bits per heavy atom. The van der Waals surface area contributed by atoms with Crippen LogP contribution in [0.4, 0.5) is 0 Å². The molecule has 1 fully saturated rings. The van der Waals surface area contributed by atoms with Crippen molar-refractivity contribution in [3.8, 4) is 0 Å². The van der Waals surface area contributed by atoms with Crippen LogP contribution < -0.4 is 0 Å². The van der Waals surface area contributed by atoms with Gasteiger partial charge in [0.15, 0.2) is 0 Å². The van der Waals surface area contributed by atoms with E-state index in [9.17, 15) is 14.7 Å². The van der Waals surface area contributed by atoms with E-state index in [-0.39, 0.29) is 6.42 Å². The van der Waals surface area contributed by atoms with E-state index in [0.29, 0.717) is 0 Å². The molecule has 19 heavy (non-hydrogen) atoms. The van der Waals surface area contributed by atoms with Crippen LogP contribution in [-0.4, -0.2) is 17.0 Å². The van der Waals surface area contributed by atoms with Crippen molar-refractivity contribution in [2.24, 2.45) is 5.92 Å². The fourth-order valence-electron chi connectivity index (χ4n) is 2.55. The van der Waals surface area contributed by atoms with Gasteiger partial charge in [-0.15, -0.1) is 0 Å². The first-order valence-electron chi connectivity index (χ1n) is 6.07. The van der Waals surface area contributed by atoms with Crippen LogP contribution in [0.3, 0.4) is 0 Å². The van der Waals surface area contributed by atoms with Gasteiger partial charge in [-0.3, -0.25) is 9.59 Å². The molecule has 4 nitrogen and oxygen atoms in total. The number of rotatable bonds is 2. The van der Waals surface area contributed by atoms with Crippen molar-refractivity contribution in [1.82, 2.24) is 0 Å². The summed E-state index contributed by atoms with van der Waals surface area (Å²) in [6, 6.07) is 13.3. The minimum absolute atomic E-state index is 0.0662. The van der Waals surface area contributed by atoms with E-state index < -0.39 is 24.0 Å². The Morgan fingerprint density at radius 2 is 1.89 bits per heavy atom. The molecule has 0 spiro atoms. The summed E-state index contributed by atoms with van der Waals surface area (Å²) in [5.41, 5.74) is 0.761. The molecule has 1 aliphatic rings. The lowest BCUT2D eigenvalue weighted by Crippen LogP contribution is -2.17. The zero-order valence-electron chi connectivity index (χ0n) is 10.1. The monoisotopic (exact) mass is 256 g/mol. The molecule has 4 heteroatoms. The standard InChI is InChI=1S/C15H12O4/c16-13-8-12(15(17)18)14(19-13)11-7-3-5-9-4-1-2-6-10(9)11/h1-7,12,14H,8H2,(H,17,18)/t12-,14+/m1/s1. The van der Waals surface area contributed by atoms with Gasteiger partial charge in [0.1, 0.15) is 12.0 Å². The molecule has 1 aliphatic heterocycles. The Kier molecular flexibility index (Phi) is 2.71. The van der Waals surface area contributed by atoms with Crippen molar-refractivity contribution in [1.29, 1.82) is 0 Å². The molecule has 0 aromatic heterocycles. The number of hydrogen-bond acceptors (Lipinski definition) is 3. The third-order valence-corrected chi connectivity index (χ3v) is 3.46. The van der Waals surface area contributed by atoms with Crippen molar-refractivity contribution in [3.05, 3.63) is 48.0 Å². The van der Waals surface area contributed by atoms with Gasteiger partial charge < -0.3 is 9.84 Å². The molecule has 0 radical (unpaired) electrons. The highest BCUT2D eigenvalue weighted by atomic mass is 16.6. The number of carboxylic acids is 1. The first kappa shape index (κ1) is 11.7. The van der Waals surface area contributed by atoms with Crippen LogP contribution in [0.2, 0.25) is 0 Å². The molecule has 0 bridgehead atoms. The topological polar surface area (TPSA) is 63.6 Å². The van der Waals surface area contributed by atoms with Crippen LogP contribution in [0.5, 0.6) is 0 Å². The van der Waals surface area contributed by atoms with Gasteiger partial charge in [-0.05, 0) is 10.8 Å². The first-order valence-corrected chi connectivity index (χ1v) is 6.07. The fourth-order valence-corrected chi connectivity index (χ4v) is 2.55. The lowest BCUT2D eigenvalue weighted by Gasteiger charge is -2.16. The summed E-state index contributed by atoms with van der Waals surface area (Å²) in [6.07, 6.45) is -0.764. The quantitative estimate of drug-likeness (QED) is 0.838. The molecule has 0 aliphatic carbocycles. The van der Waals surface area contributed by atoms with E-state index >= 15 is 0 Å². The predicted molar refractivity (Wildman–Crippen MR) is 68.5 cm³/mol. The van der Waals surface area contributed by atoms with Crippen molar-refractivity contribution < 1.29 is 19.4 Å². The molecular formula is C15H12O4. The van der Waals surface area contributed by atoms with Crippen LogP contribution >= 0.6 is 0 Å². The average molecular weight is 256 g/mol. The highest BCUT2D eigenvalue weighted by Crippen LogP contribution is 2.38. The second-order valence-electron chi connectivity index (χ2n) is 4.63. The number of hydrogen-bond donors (Lipinski definition) is 1. The van der Waals surface area contributed by atoms with Crippen LogP contribution in [0.25, 0.3) is 10.8 Å². The van der Waals surface area contributed by atoms with E-state index in [1.807, 2.05) is 42.5 Å². The van der Waals surface area contributed by atoms with Crippen molar-refractivity contribution >= 4 is 22.7 Å². The van der Waals surface area contributed by atoms with E-state index in [2.05, 4.69) is 0 Å². The highest BCUT2D eigenvalue weighted by molar-refractivity contribution is 5.89. The minimum Gasteiger partial charge on any atom is -0.481 e. The van der Waals surface area contributed by atoms with Crippen molar-refractivity contribution in [2.45, 2.75) is 12.5 Å². The Bertz CT molecular complexity index is 657. The molecule has 0 amide bonds. The van der Waals surface area contributed by atoms with Gasteiger partial charge in [0, 0.05) is 5.56 Å². The minimum atomic E-state index is -0.996. The van der Waals surface area contributed by atoms with Crippen LogP contribution in [0.1, 0.15) is 18.1 Å². The lowest BCUT2D eigenvalue weighted by molar-refractivity contribution is -0.144. The third kappa shape index (κ3) is 1.95. The highest BCUT2D eigenvalue weighted by Gasteiger charge is 2.41. The summed E-state index contributed by atoms with van der Waals surface area (Å²) in [5.74, 6) is -2.26. The molecule has 0 saturated carbocycles. The SMILES string of the molecule is O=C1C[C@@H](C(=O)O)[C@H](c2cccc3ccccc23)O1. The number of esters is 1. The normalized spacial score (nSPS) is 22.4. The van der Waals surface area contributed by atoms with Crippen molar-refractivity contribution in [2.75, 3.05) is 0 Å². The Hall–Kier alpha value is -2.36. The molecule has 2 atom stereocenters. The van der Waals surface area contributed by atoms with Crippen LogP contribution in [0, 0.1) is 5.92 Å². The molecule has 2 aromatic carbocycles. The van der Waals surface area contributed by atoms with Gasteiger partial charge in [0.05, 0.1) is 6.42 Å². The zero-order chi connectivity index (χ0) is 13.4. The second kappa shape index (κ2) is 4.39. The van der Waals surface area contributed by atoms with Crippen LogP contribution in [-0.2, 0) is 14.3 Å². The van der Waals surface area contributed by atoms with Crippen LogP contribution in [0.15, 0.2) is 42.5 Å². The van der Waals surface area contributed by atoms with Gasteiger partial charge in [-0.25, -0.2) is 0 Å². The molecule has 96 valence electrons. The van der Waals surface area contributed by atoms with Gasteiger partial charge >= 0.3 is 11.9 Å². The largest absolute Gasteiger partial charge is 0.481 e. The number of benzene rings is 2. The summed E-state index contributed by atoms with van der Waals surface area (Å²) in [5, 5.41) is 11.1. The number of aliphatic carboxylic acids is 1. The number of ether oxygens (including phenoxy) is 1.